The second kappa shape index (κ2) is 5.65. The molecule has 2 aromatic heterocycles. The number of benzene rings is 1. The maximum Gasteiger partial charge on any atom is 0.337 e. The van der Waals surface area contributed by atoms with E-state index in [-0.39, 0.29) is 5.91 Å². The zero-order valence-electron chi connectivity index (χ0n) is 11.7. The van der Waals surface area contributed by atoms with E-state index in [0.29, 0.717) is 22.6 Å². The van der Waals surface area contributed by atoms with Gasteiger partial charge in [-0.3, -0.25) is 4.79 Å². The van der Waals surface area contributed by atoms with E-state index in [1.165, 1.54) is 17.7 Å². The van der Waals surface area contributed by atoms with Crippen LogP contribution in [0.15, 0.2) is 48.8 Å². The van der Waals surface area contributed by atoms with Gasteiger partial charge in [0.1, 0.15) is 5.82 Å². The Labute approximate surface area is 125 Å². The highest BCUT2D eigenvalue weighted by Gasteiger charge is 2.12. The minimum atomic E-state index is -0.493. The standard InChI is InChI=1S/C15H12N4O3/c1-22-15(21)11-4-2-3-10(9-11)14(20)18-13-5-7-16-12-6-8-17-19(12)13/h2-9H,1H3,(H,18,20). The van der Waals surface area contributed by atoms with Crippen LogP contribution in [0.1, 0.15) is 20.7 Å². The molecule has 0 aliphatic heterocycles. The summed E-state index contributed by atoms with van der Waals surface area (Å²) in [5.41, 5.74) is 1.29. The minimum Gasteiger partial charge on any atom is -0.465 e. The van der Waals surface area contributed by atoms with Crippen molar-refractivity contribution in [2.24, 2.45) is 0 Å². The molecule has 0 spiro atoms. The van der Waals surface area contributed by atoms with Crippen molar-refractivity contribution in [1.82, 2.24) is 14.6 Å². The summed E-state index contributed by atoms with van der Waals surface area (Å²) in [4.78, 5) is 27.9. The van der Waals surface area contributed by atoms with E-state index in [9.17, 15) is 9.59 Å². The molecule has 1 N–H and O–H groups in total. The number of amides is 1. The Morgan fingerprint density at radius 1 is 1.14 bits per heavy atom. The van der Waals surface area contributed by atoms with Gasteiger partial charge in [-0.1, -0.05) is 6.07 Å². The van der Waals surface area contributed by atoms with E-state index in [2.05, 4.69) is 20.1 Å². The summed E-state index contributed by atoms with van der Waals surface area (Å²) in [5.74, 6) is -0.356. The highest BCUT2D eigenvalue weighted by Crippen LogP contribution is 2.12. The molecule has 0 unspecified atom stereocenters. The van der Waals surface area contributed by atoms with Crippen molar-refractivity contribution in [1.29, 1.82) is 0 Å². The molecule has 0 bridgehead atoms. The average Bonchev–Trinajstić information content (AvgIpc) is 3.04. The molecule has 0 aliphatic carbocycles. The number of methoxy groups -OCH3 is 1. The van der Waals surface area contributed by atoms with Crippen LogP contribution in [-0.4, -0.2) is 33.6 Å². The smallest absolute Gasteiger partial charge is 0.337 e. The van der Waals surface area contributed by atoms with Crippen LogP contribution in [0.5, 0.6) is 0 Å². The number of esters is 1. The van der Waals surface area contributed by atoms with Gasteiger partial charge in [-0.15, -0.1) is 0 Å². The SMILES string of the molecule is COC(=O)c1cccc(C(=O)Nc2ccnc3ccnn23)c1. The zero-order chi connectivity index (χ0) is 15.5. The van der Waals surface area contributed by atoms with Crippen LogP contribution >= 0.6 is 0 Å². The molecular weight excluding hydrogens is 284 g/mol. The first-order valence-electron chi connectivity index (χ1n) is 6.47. The first kappa shape index (κ1) is 13.7. The molecular formula is C15H12N4O3. The van der Waals surface area contributed by atoms with Gasteiger partial charge in [0.15, 0.2) is 5.65 Å². The van der Waals surface area contributed by atoms with Crippen LogP contribution in [-0.2, 0) is 4.74 Å². The van der Waals surface area contributed by atoms with Crippen LogP contribution in [0, 0.1) is 0 Å². The molecule has 22 heavy (non-hydrogen) atoms. The zero-order valence-corrected chi connectivity index (χ0v) is 11.7. The summed E-state index contributed by atoms with van der Waals surface area (Å²) in [6, 6.07) is 9.67. The Morgan fingerprint density at radius 3 is 2.77 bits per heavy atom. The van der Waals surface area contributed by atoms with Gasteiger partial charge in [-0.2, -0.15) is 9.61 Å². The molecule has 0 saturated heterocycles. The second-order valence-electron chi connectivity index (χ2n) is 4.46. The van der Waals surface area contributed by atoms with Crippen molar-refractivity contribution in [2.45, 2.75) is 0 Å². The molecule has 0 aliphatic rings. The molecule has 1 aromatic carbocycles. The normalized spacial score (nSPS) is 10.4. The molecule has 7 heteroatoms. The Balaban J connectivity index is 1.89. The average molecular weight is 296 g/mol. The van der Waals surface area contributed by atoms with E-state index in [0.717, 1.165) is 0 Å². The summed E-state index contributed by atoms with van der Waals surface area (Å²) in [7, 11) is 1.29. The quantitative estimate of drug-likeness (QED) is 0.744. The first-order chi connectivity index (χ1) is 10.7. The Kier molecular flexibility index (Phi) is 3.53. The number of fused-ring (bicyclic) bond motifs is 1. The van der Waals surface area contributed by atoms with Gasteiger partial charge in [0.25, 0.3) is 5.91 Å². The van der Waals surface area contributed by atoms with Crippen molar-refractivity contribution in [3.05, 3.63) is 59.9 Å². The highest BCUT2D eigenvalue weighted by molar-refractivity contribution is 6.05. The summed E-state index contributed by atoms with van der Waals surface area (Å²) in [5, 5.41) is 6.83. The van der Waals surface area contributed by atoms with E-state index in [1.54, 1.807) is 42.7 Å². The largest absolute Gasteiger partial charge is 0.465 e. The lowest BCUT2D eigenvalue weighted by atomic mass is 10.1. The maximum absolute atomic E-state index is 12.3. The second-order valence-corrected chi connectivity index (χ2v) is 4.46. The number of aromatic nitrogens is 3. The number of anilines is 1. The number of ether oxygens (including phenoxy) is 1. The van der Waals surface area contributed by atoms with Gasteiger partial charge in [0, 0.05) is 17.8 Å². The van der Waals surface area contributed by atoms with Crippen LogP contribution in [0.2, 0.25) is 0 Å². The summed E-state index contributed by atoms with van der Waals surface area (Å²) >= 11 is 0. The molecule has 3 rings (SSSR count). The third-order valence-electron chi connectivity index (χ3n) is 3.08. The molecule has 7 nitrogen and oxygen atoms in total. The molecule has 0 fully saturated rings. The number of nitrogens with zero attached hydrogens (tertiary/aromatic N) is 3. The fraction of sp³-hybridized carbons (Fsp3) is 0.0667. The van der Waals surface area contributed by atoms with Crippen LogP contribution in [0.25, 0.3) is 5.65 Å². The molecule has 0 radical (unpaired) electrons. The van der Waals surface area contributed by atoms with Crippen molar-refractivity contribution in [3.8, 4) is 0 Å². The van der Waals surface area contributed by atoms with E-state index >= 15 is 0 Å². The molecule has 0 atom stereocenters. The van der Waals surface area contributed by atoms with Gasteiger partial charge in [-0.25, -0.2) is 9.78 Å². The molecule has 0 saturated carbocycles. The Hall–Kier alpha value is -3.22. The Morgan fingerprint density at radius 2 is 1.95 bits per heavy atom. The van der Waals surface area contributed by atoms with Crippen LogP contribution in [0.3, 0.4) is 0 Å². The molecule has 2 heterocycles. The molecule has 3 aromatic rings. The van der Waals surface area contributed by atoms with Gasteiger partial charge in [-0.05, 0) is 24.3 Å². The first-order valence-corrected chi connectivity index (χ1v) is 6.47. The minimum absolute atomic E-state index is 0.314. The number of hydrogen-bond donors (Lipinski definition) is 1. The summed E-state index contributed by atoms with van der Waals surface area (Å²) in [6.45, 7) is 0. The van der Waals surface area contributed by atoms with Gasteiger partial charge < -0.3 is 10.1 Å². The lowest BCUT2D eigenvalue weighted by Crippen LogP contribution is -2.15. The number of nitrogens with one attached hydrogen (secondary N) is 1. The van der Waals surface area contributed by atoms with Crippen LogP contribution in [0.4, 0.5) is 5.82 Å². The molecule has 1 amide bonds. The maximum atomic E-state index is 12.3. The lowest BCUT2D eigenvalue weighted by Gasteiger charge is -2.07. The molecule has 110 valence electrons. The van der Waals surface area contributed by atoms with Gasteiger partial charge in [0.2, 0.25) is 0 Å². The van der Waals surface area contributed by atoms with Crippen LogP contribution < -0.4 is 5.32 Å². The summed E-state index contributed by atoms with van der Waals surface area (Å²) < 4.78 is 6.16. The van der Waals surface area contributed by atoms with Gasteiger partial charge in [0.05, 0.1) is 18.9 Å². The third-order valence-corrected chi connectivity index (χ3v) is 3.08. The number of carbonyl (C=O) groups is 2. The van der Waals surface area contributed by atoms with Crippen molar-refractivity contribution >= 4 is 23.3 Å². The monoisotopic (exact) mass is 296 g/mol. The Bertz CT molecular complexity index is 857. The predicted octanol–water partition coefficient (Wildman–Crippen LogP) is 1.77. The van der Waals surface area contributed by atoms with E-state index in [4.69, 9.17) is 0 Å². The van der Waals surface area contributed by atoms with Gasteiger partial charge >= 0.3 is 5.97 Å². The predicted molar refractivity (Wildman–Crippen MR) is 78.7 cm³/mol. The fourth-order valence-electron chi connectivity index (χ4n) is 2.02. The third kappa shape index (κ3) is 2.51. The lowest BCUT2D eigenvalue weighted by molar-refractivity contribution is 0.0600. The summed E-state index contributed by atoms with van der Waals surface area (Å²) in [6.07, 6.45) is 3.17. The number of carbonyl (C=O) groups excluding carboxylic acids is 2. The van der Waals surface area contributed by atoms with E-state index in [1.807, 2.05) is 0 Å². The van der Waals surface area contributed by atoms with Crippen molar-refractivity contribution in [3.63, 3.8) is 0 Å². The number of rotatable bonds is 3. The highest BCUT2D eigenvalue weighted by atomic mass is 16.5. The van der Waals surface area contributed by atoms with Crippen molar-refractivity contribution in [2.75, 3.05) is 12.4 Å². The topological polar surface area (TPSA) is 85.6 Å². The van der Waals surface area contributed by atoms with E-state index < -0.39 is 5.97 Å². The fourth-order valence-corrected chi connectivity index (χ4v) is 2.02. The van der Waals surface area contributed by atoms with Crippen molar-refractivity contribution < 1.29 is 14.3 Å². The number of hydrogen-bond acceptors (Lipinski definition) is 5.